The minimum absolute atomic E-state index is 0.115. The second-order valence-corrected chi connectivity index (χ2v) is 1.57. The van der Waals surface area contributed by atoms with Crippen LogP contribution in [0, 0.1) is 0 Å². The molecule has 10 heavy (non-hydrogen) atoms. The van der Waals surface area contributed by atoms with Crippen molar-refractivity contribution in [2.24, 2.45) is 0 Å². The van der Waals surface area contributed by atoms with E-state index in [1.807, 2.05) is 0 Å². The number of hydrogen-bond donors (Lipinski definition) is 2. The molecule has 0 rings (SSSR count). The van der Waals surface area contributed by atoms with Crippen LogP contribution in [0.2, 0.25) is 0 Å². The first-order valence-electron chi connectivity index (χ1n) is 2.65. The maximum Gasteiger partial charge on any atom is 0.336 e. The zero-order chi connectivity index (χ0) is 7.98. The number of hydrogen-bond acceptors (Lipinski definition) is 4. The number of methoxy groups -OCH3 is 1. The normalized spacial score (nSPS) is 11.8. The van der Waals surface area contributed by atoms with E-state index in [1.165, 1.54) is 0 Å². The predicted molar refractivity (Wildman–Crippen MR) is 32.1 cm³/mol. The van der Waals surface area contributed by atoms with Crippen molar-refractivity contribution in [2.45, 2.75) is 6.10 Å². The Bertz CT molecular complexity index is 125. The van der Waals surface area contributed by atoms with Gasteiger partial charge in [-0.2, -0.15) is 0 Å². The minimum atomic E-state index is -1.27. The van der Waals surface area contributed by atoms with Gasteiger partial charge in [0.1, 0.15) is 0 Å². The second-order valence-electron chi connectivity index (χ2n) is 1.57. The molecule has 0 heterocycles. The van der Waals surface area contributed by atoms with Crippen molar-refractivity contribution in [3.05, 3.63) is 0 Å². The summed E-state index contributed by atoms with van der Waals surface area (Å²) in [5.74, 6) is -0.755. The van der Waals surface area contributed by atoms with Crippen LogP contribution < -0.4 is 5.32 Å². The summed E-state index contributed by atoms with van der Waals surface area (Å²) in [5.41, 5.74) is 0. The molecule has 1 atom stereocenters. The molecule has 0 aromatic heterocycles. The summed E-state index contributed by atoms with van der Waals surface area (Å²) in [6.45, 7) is -0.115. The Kier molecular flexibility index (Phi) is 4.23. The van der Waals surface area contributed by atoms with Gasteiger partial charge < -0.3 is 15.2 Å². The molecule has 0 aliphatic rings. The van der Waals surface area contributed by atoms with Crippen molar-refractivity contribution < 1.29 is 19.4 Å². The van der Waals surface area contributed by atoms with Crippen LogP contribution in [0.15, 0.2) is 0 Å². The summed E-state index contributed by atoms with van der Waals surface area (Å²) in [4.78, 5) is 20.0. The molecule has 0 aliphatic heterocycles. The molecular weight excluding hydrogens is 138 g/mol. The molecule has 2 N–H and O–H groups in total. The van der Waals surface area contributed by atoms with E-state index in [-0.39, 0.29) is 6.54 Å². The Morgan fingerprint density at radius 3 is 2.90 bits per heavy atom. The molecule has 0 saturated carbocycles. The molecule has 0 aromatic carbocycles. The number of aliphatic hydroxyl groups is 1. The second kappa shape index (κ2) is 4.75. The van der Waals surface area contributed by atoms with Crippen LogP contribution in [0.5, 0.6) is 0 Å². The molecule has 5 heteroatoms. The summed E-state index contributed by atoms with van der Waals surface area (Å²) in [6, 6.07) is 0. The van der Waals surface area contributed by atoms with Crippen LogP contribution in [-0.2, 0) is 14.3 Å². The van der Waals surface area contributed by atoms with E-state index in [9.17, 15) is 9.59 Å². The average molecular weight is 147 g/mol. The fourth-order valence-electron chi connectivity index (χ4n) is 0.379. The lowest BCUT2D eigenvalue weighted by Gasteiger charge is -2.05. The Morgan fingerprint density at radius 1 is 1.90 bits per heavy atom. The Morgan fingerprint density at radius 2 is 2.50 bits per heavy atom. The number of carbonyl (C=O) groups excluding carboxylic acids is 2. The summed E-state index contributed by atoms with van der Waals surface area (Å²) < 4.78 is 4.16. The van der Waals surface area contributed by atoms with Crippen molar-refractivity contribution in [1.29, 1.82) is 0 Å². The van der Waals surface area contributed by atoms with Gasteiger partial charge in [0.05, 0.1) is 13.7 Å². The maximum absolute atomic E-state index is 10.4. The smallest absolute Gasteiger partial charge is 0.336 e. The number of aliphatic hydroxyl groups excluding tert-OH is 1. The molecule has 1 amide bonds. The first kappa shape index (κ1) is 8.90. The standard InChI is InChI=1S/C5H9NO4/c1-10-5(9)4(8)2-6-3-7/h3-4,8H,2H2,1H3,(H,6,7)/t4-/m1/s1. The van der Waals surface area contributed by atoms with E-state index in [4.69, 9.17) is 5.11 Å². The molecule has 0 bridgehead atoms. The van der Waals surface area contributed by atoms with Gasteiger partial charge >= 0.3 is 5.97 Å². The van der Waals surface area contributed by atoms with Crippen LogP contribution in [-0.4, -0.2) is 37.2 Å². The monoisotopic (exact) mass is 147 g/mol. The van der Waals surface area contributed by atoms with Gasteiger partial charge in [-0.15, -0.1) is 0 Å². The van der Waals surface area contributed by atoms with Crippen LogP contribution >= 0.6 is 0 Å². The van der Waals surface area contributed by atoms with Gasteiger partial charge in [-0.1, -0.05) is 0 Å². The van der Waals surface area contributed by atoms with Crippen LogP contribution in [0.3, 0.4) is 0 Å². The Hall–Kier alpha value is -1.10. The van der Waals surface area contributed by atoms with Gasteiger partial charge in [0.15, 0.2) is 6.10 Å². The highest BCUT2D eigenvalue weighted by atomic mass is 16.5. The average Bonchev–Trinajstić information content (AvgIpc) is 1.98. The van der Waals surface area contributed by atoms with Gasteiger partial charge in [-0.05, 0) is 0 Å². The van der Waals surface area contributed by atoms with Gasteiger partial charge in [-0.25, -0.2) is 4.79 Å². The molecule has 0 radical (unpaired) electrons. The number of esters is 1. The summed E-state index contributed by atoms with van der Waals surface area (Å²) in [6.07, 6.45) is -0.873. The number of rotatable bonds is 4. The third-order valence-electron chi connectivity index (χ3n) is 0.868. The third kappa shape index (κ3) is 3.03. The zero-order valence-corrected chi connectivity index (χ0v) is 5.53. The highest BCUT2D eigenvalue weighted by Crippen LogP contribution is 1.82. The largest absolute Gasteiger partial charge is 0.467 e. The van der Waals surface area contributed by atoms with E-state index >= 15 is 0 Å². The topological polar surface area (TPSA) is 75.6 Å². The predicted octanol–water partition coefficient (Wildman–Crippen LogP) is -1.73. The van der Waals surface area contributed by atoms with Gasteiger partial charge in [0.25, 0.3) is 0 Å². The zero-order valence-electron chi connectivity index (χ0n) is 5.53. The highest BCUT2D eigenvalue weighted by Gasteiger charge is 2.13. The number of amides is 1. The molecular formula is C5H9NO4. The van der Waals surface area contributed by atoms with E-state index in [1.54, 1.807) is 0 Å². The molecule has 58 valence electrons. The lowest BCUT2D eigenvalue weighted by atomic mass is 10.4. The number of carbonyl (C=O) groups is 2. The lowest BCUT2D eigenvalue weighted by molar-refractivity contribution is -0.150. The first-order chi connectivity index (χ1) is 4.72. The molecule has 0 fully saturated rings. The summed E-state index contributed by atoms with van der Waals surface area (Å²) >= 11 is 0. The van der Waals surface area contributed by atoms with Crippen LogP contribution in [0.4, 0.5) is 0 Å². The van der Waals surface area contributed by atoms with Crippen molar-refractivity contribution in [2.75, 3.05) is 13.7 Å². The Balaban J connectivity index is 3.50. The van der Waals surface area contributed by atoms with Crippen molar-refractivity contribution >= 4 is 12.4 Å². The Labute approximate surface area is 58.0 Å². The van der Waals surface area contributed by atoms with Crippen molar-refractivity contribution in [3.8, 4) is 0 Å². The molecule has 0 aromatic rings. The quantitative estimate of drug-likeness (QED) is 0.366. The fraction of sp³-hybridized carbons (Fsp3) is 0.600. The van der Waals surface area contributed by atoms with Crippen molar-refractivity contribution in [3.63, 3.8) is 0 Å². The van der Waals surface area contributed by atoms with E-state index in [0.717, 1.165) is 7.11 Å². The molecule has 0 aliphatic carbocycles. The molecule has 0 unspecified atom stereocenters. The maximum atomic E-state index is 10.4. The molecule has 5 nitrogen and oxygen atoms in total. The van der Waals surface area contributed by atoms with Gasteiger partial charge in [-0.3, -0.25) is 4.79 Å². The fourth-order valence-corrected chi connectivity index (χ4v) is 0.379. The van der Waals surface area contributed by atoms with Gasteiger partial charge in [0, 0.05) is 0 Å². The third-order valence-corrected chi connectivity index (χ3v) is 0.868. The number of nitrogens with one attached hydrogen (secondary N) is 1. The van der Waals surface area contributed by atoms with E-state index in [2.05, 4.69) is 10.1 Å². The summed E-state index contributed by atoms with van der Waals surface area (Å²) in [5, 5.41) is 10.9. The SMILES string of the molecule is COC(=O)[C@H](O)CNC=O. The highest BCUT2D eigenvalue weighted by molar-refractivity contribution is 5.74. The minimum Gasteiger partial charge on any atom is -0.467 e. The first-order valence-corrected chi connectivity index (χ1v) is 2.65. The molecule has 0 spiro atoms. The van der Waals surface area contributed by atoms with Crippen molar-refractivity contribution in [1.82, 2.24) is 5.32 Å². The molecule has 0 saturated heterocycles. The summed E-state index contributed by atoms with van der Waals surface area (Å²) in [7, 11) is 1.16. The van der Waals surface area contributed by atoms with E-state index < -0.39 is 12.1 Å². The van der Waals surface area contributed by atoms with Gasteiger partial charge in [0.2, 0.25) is 6.41 Å². The van der Waals surface area contributed by atoms with Crippen LogP contribution in [0.25, 0.3) is 0 Å². The number of ether oxygens (including phenoxy) is 1. The van der Waals surface area contributed by atoms with E-state index in [0.29, 0.717) is 6.41 Å². The lowest BCUT2D eigenvalue weighted by Crippen LogP contribution is -2.33. The van der Waals surface area contributed by atoms with Crippen LogP contribution in [0.1, 0.15) is 0 Å².